The molecule has 3 rings (SSSR count). The van der Waals surface area contributed by atoms with Gasteiger partial charge in [0.1, 0.15) is 5.82 Å². The van der Waals surface area contributed by atoms with Gasteiger partial charge in [0.05, 0.1) is 11.1 Å². The summed E-state index contributed by atoms with van der Waals surface area (Å²) in [7, 11) is 0. The molecular formula is C17H23N3O2. The molecule has 2 atom stereocenters. The molecular weight excluding hydrogens is 278 g/mol. The van der Waals surface area contributed by atoms with Crippen molar-refractivity contribution in [2.45, 2.75) is 47.0 Å². The third kappa shape index (κ3) is 1.68. The number of carbonyl (C=O) groups excluding carboxylic acids is 1. The minimum atomic E-state index is -0.533. The second-order valence-corrected chi connectivity index (χ2v) is 7.44. The molecule has 0 spiro atoms. The van der Waals surface area contributed by atoms with Crippen molar-refractivity contribution in [2.75, 3.05) is 5.32 Å². The van der Waals surface area contributed by atoms with Gasteiger partial charge in [-0.05, 0) is 42.9 Å². The van der Waals surface area contributed by atoms with E-state index in [1.54, 1.807) is 6.20 Å². The lowest BCUT2D eigenvalue weighted by Crippen LogP contribution is -2.43. The molecule has 2 bridgehead atoms. The largest absolute Gasteiger partial charge is 0.411 e. The van der Waals surface area contributed by atoms with Gasteiger partial charge in [-0.25, -0.2) is 4.98 Å². The first-order chi connectivity index (χ1) is 10.3. The van der Waals surface area contributed by atoms with Crippen molar-refractivity contribution < 1.29 is 10.0 Å². The van der Waals surface area contributed by atoms with Gasteiger partial charge < -0.3 is 10.5 Å². The maximum atomic E-state index is 13.0. The Morgan fingerprint density at radius 1 is 1.36 bits per heavy atom. The summed E-state index contributed by atoms with van der Waals surface area (Å²) in [4.78, 5) is 17.3. The van der Waals surface area contributed by atoms with E-state index in [2.05, 4.69) is 36.2 Å². The summed E-state index contributed by atoms with van der Waals surface area (Å²) in [5.41, 5.74) is 0.794. The number of anilines is 1. The van der Waals surface area contributed by atoms with Crippen molar-refractivity contribution >= 4 is 17.4 Å². The van der Waals surface area contributed by atoms with Crippen LogP contribution < -0.4 is 5.32 Å². The first kappa shape index (κ1) is 15.0. The Kier molecular flexibility index (Phi) is 3.10. The zero-order chi connectivity index (χ0) is 16.2. The van der Waals surface area contributed by atoms with Gasteiger partial charge in [0, 0.05) is 18.0 Å². The molecule has 0 aliphatic heterocycles. The van der Waals surface area contributed by atoms with Gasteiger partial charge in [0.25, 0.3) is 0 Å². The lowest BCUT2D eigenvalue weighted by atomic mass is 9.64. The van der Waals surface area contributed by atoms with Crippen LogP contribution in [0, 0.1) is 23.2 Å². The first-order valence-corrected chi connectivity index (χ1v) is 7.72. The van der Waals surface area contributed by atoms with Gasteiger partial charge in [-0.1, -0.05) is 25.9 Å². The minimum absolute atomic E-state index is 0.0158. The monoisotopic (exact) mass is 301 g/mol. The molecule has 2 aliphatic rings. The Morgan fingerprint density at radius 3 is 2.68 bits per heavy atom. The maximum Gasteiger partial charge on any atom is 0.232 e. The number of pyridine rings is 1. The molecule has 2 N–H and O–H groups in total. The van der Waals surface area contributed by atoms with E-state index in [1.807, 2.05) is 19.1 Å². The fraction of sp³-hybridized carbons (Fsp3) is 0.588. The standard InChI is InChI=1S/C17H23N3O2/c1-11-5-8-18-13(9-11)19-14(21)17-7-6-16(4,15(17,2)3)12(10-17)20-22/h5,8-9,22H,6-7,10H2,1-4H3,(H,18,19,21). The van der Waals surface area contributed by atoms with Crippen LogP contribution >= 0.6 is 0 Å². The smallest absolute Gasteiger partial charge is 0.232 e. The molecule has 0 saturated heterocycles. The van der Waals surface area contributed by atoms with Crippen LogP contribution in [-0.2, 0) is 4.79 Å². The summed E-state index contributed by atoms with van der Waals surface area (Å²) in [6.07, 6.45) is 3.90. The van der Waals surface area contributed by atoms with Gasteiger partial charge in [-0.2, -0.15) is 0 Å². The Bertz CT molecular complexity index is 668. The van der Waals surface area contributed by atoms with Crippen LogP contribution in [-0.4, -0.2) is 21.8 Å². The number of hydrogen-bond donors (Lipinski definition) is 2. The lowest BCUT2D eigenvalue weighted by molar-refractivity contribution is -0.130. The molecule has 118 valence electrons. The summed E-state index contributed by atoms with van der Waals surface area (Å²) in [6, 6.07) is 3.77. The molecule has 5 nitrogen and oxygen atoms in total. The number of nitrogens with zero attached hydrogens (tertiary/aromatic N) is 2. The topological polar surface area (TPSA) is 74.6 Å². The van der Waals surface area contributed by atoms with E-state index in [1.165, 1.54) is 0 Å². The molecule has 1 heterocycles. The Balaban J connectivity index is 1.95. The summed E-state index contributed by atoms with van der Waals surface area (Å²) in [5, 5.41) is 15.8. The predicted octanol–water partition coefficient (Wildman–Crippen LogP) is 3.38. The highest BCUT2D eigenvalue weighted by Crippen LogP contribution is 2.71. The Hall–Kier alpha value is -1.91. The van der Waals surface area contributed by atoms with Gasteiger partial charge in [-0.3, -0.25) is 4.79 Å². The molecule has 5 heteroatoms. The molecule has 1 amide bonds. The van der Waals surface area contributed by atoms with Crippen molar-refractivity contribution in [3.05, 3.63) is 23.9 Å². The third-order valence-corrected chi connectivity index (χ3v) is 6.45. The molecule has 2 saturated carbocycles. The highest BCUT2D eigenvalue weighted by Gasteiger charge is 2.71. The van der Waals surface area contributed by atoms with Crippen molar-refractivity contribution in [2.24, 2.45) is 21.4 Å². The average Bonchev–Trinajstić information content (AvgIpc) is 2.77. The fourth-order valence-electron chi connectivity index (χ4n) is 4.38. The van der Waals surface area contributed by atoms with Crippen LogP contribution in [0.15, 0.2) is 23.5 Å². The van der Waals surface area contributed by atoms with Crippen LogP contribution in [0.2, 0.25) is 0 Å². The van der Waals surface area contributed by atoms with E-state index in [0.717, 1.165) is 24.1 Å². The van der Waals surface area contributed by atoms with Gasteiger partial charge in [0.15, 0.2) is 0 Å². The predicted molar refractivity (Wildman–Crippen MR) is 85.0 cm³/mol. The van der Waals surface area contributed by atoms with Crippen molar-refractivity contribution in [1.82, 2.24) is 4.98 Å². The van der Waals surface area contributed by atoms with E-state index >= 15 is 0 Å². The molecule has 2 aliphatic carbocycles. The highest BCUT2D eigenvalue weighted by atomic mass is 16.4. The lowest BCUT2D eigenvalue weighted by Gasteiger charge is -2.39. The SMILES string of the molecule is Cc1ccnc(NC(=O)C23CCC(C)(C(=NO)C2)C3(C)C)c1. The molecule has 0 aromatic carbocycles. The summed E-state index contributed by atoms with van der Waals surface area (Å²) in [5.74, 6) is 0.566. The molecule has 2 fully saturated rings. The highest BCUT2D eigenvalue weighted by molar-refractivity contribution is 6.06. The van der Waals surface area contributed by atoms with Crippen LogP contribution in [0.25, 0.3) is 0 Å². The van der Waals surface area contributed by atoms with Crippen LogP contribution in [0.1, 0.15) is 45.6 Å². The quantitative estimate of drug-likeness (QED) is 0.649. The molecule has 1 aromatic heterocycles. The number of fused-ring (bicyclic) bond motifs is 2. The summed E-state index contributed by atoms with van der Waals surface area (Å²) < 4.78 is 0. The normalized spacial score (nSPS) is 34.1. The average molecular weight is 301 g/mol. The van der Waals surface area contributed by atoms with E-state index in [-0.39, 0.29) is 16.7 Å². The Labute approximate surface area is 130 Å². The Morgan fingerprint density at radius 2 is 2.09 bits per heavy atom. The number of carbonyl (C=O) groups is 1. The second-order valence-electron chi connectivity index (χ2n) is 7.44. The van der Waals surface area contributed by atoms with E-state index < -0.39 is 5.41 Å². The third-order valence-electron chi connectivity index (χ3n) is 6.45. The zero-order valence-corrected chi connectivity index (χ0v) is 13.6. The number of hydrogen-bond acceptors (Lipinski definition) is 4. The summed E-state index contributed by atoms with van der Waals surface area (Å²) >= 11 is 0. The maximum absolute atomic E-state index is 13.0. The van der Waals surface area contributed by atoms with Gasteiger partial charge in [-0.15, -0.1) is 0 Å². The zero-order valence-electron chi connectivity index (χ0n) is 13.6. The van der Waals surface area contributed by atoms with Gasteiger partial charge in [0.2, 0.25) is 5.91 Å². The van der Waals surface area contributed by atoms with Gasteiger partial charge >= 0.3 is 0 Å². The molecule has 22 heavy (non-hydrogen) atoms. The van der Waals surface area contributed by atoms with Crippen molar-refractivity contribution in [3.8, 4) is 0 Å². The number of nitrogens with one attached hydrogen (secondary N) is 1. The fourth-order valence-corrected chi connectivity index (χ4v) is 4.38. The number of aryl methyl sites for hydroxylation is 1. The number of aromatic nitrogens is 1. The van der Waals surface area contributed by atoms with E-state index in [4.69, 9.17) is 0 Å². The molecule has 2 unspecified atom stereocenters. The van der Waals surface area contributed by atoms with Crippen LogP contribution in [0.4, 0.5) is 5.82 Å². The van der Waals surface area contributed by atoms with E-state index in [9.17, 15) is 10.0 Å². The molecule has 1 aromatic rings. The minimum Gasteiger partial charge on any atom is -0.411 e. The summed E-state index contributed by atoms with van der Waals surface area (Å²) in [6.45, 7) is 8.30. The van der Waals surface area contributed by atoms with Crippen LogP contribution in [0.5, 0.6) is 0 Å². The van der Waals surface area contributed by atoms with E-state index in [0.29, 0.717) is 12.2 Å². The van der Waals surface area contributed by atoms with Crippen LogP contribution in [0.3, 0.4) is 0 Å². The number of rotatable bonds is 2. The van der Waals surface area contributed by atoms with Crippen molar-refractivity contribution in [3.63, 3.8) is 0 Å². The number of oxime groups is 1. The first-order valence-electron chi connectivity index (χ1n) is 7.72. The second kappa shape index (κ2) is 4.54. The van der Waals surface area contributed by atoms with Crippen molar-refractivity contribution in [1.29, 1.82) is 0 Å². The molecule has 0 radical (unpaired) electrons. The number of amides is 1.